The minimum absolute atomic E-state index is 0.00299. The SMILES string of the molecule is CC1(C)CCCN(C(=O)NCC2CCC(=O)N2)C1C(=O)O. The lowest BCUT2D eigenvalue weighted by Gasteiger charge is -2.43. The molecule has 2 unspecified atom stereocenters. The molecule has 2 atom stereocenters. The average Bonchev–Trinajstić information content (AvgIpc) is 2.79. The van der Waals surface area contributed by atoms with Gasteiger partial charge in [-0.25, -0.2) is 9.59 Å². The first-order valence-corrected chi connectivity index (χ1v) is 7.38. The molecule has 7 heteroatoms. The molecule has 118 valence electrons. The Bertz CT molecular complexity index is 450. The van der Waals surface area contributed by atoms with Gasteiger partial charge in [0.15, 0.2) is 0 Å². The summed E-state index contributed by atoms with van der Waals surface area (Å²) in [6.45, 7) is 4.54. The van der Waals surface area contributed by atoms with Crippen molar-refractivity contribution >= 4 is 17.9 Å². The van der Waals surface area contributed by atoms with Gasteiger partial charge in [0.2, 0.25) is 5.91 Å². The fraction of sp³-hybridized carbons (Fsp3) is 0.786. The van der Waals surface area contributed by atoms with E-state index in [1.807, 2.05) is 13.8 Å². The number of amides is 3. The Morgan fingerprint density at radius 1 is 1.48 bits per heavy atom. The van der Waals surface area contributed by atoms with Crippen LogP contribution in [0.5, 0.6) is 0 Å². The fourth-order valence-electron chi connectivity index (χ4n) is 3.22. The maximum atomic E-state index is 12.3. The molecule has 2 aliphatic rings. The van der Waals surface area contributed by atoms with Crippen molar-refractivity contribution in [2.45, 2.75) is 51.6 Å². The van der Waals surface area contributed by atoms with Crippen molar-refractivity contribution < 1.29 is 19.5 Å². The number of carbonyl (C=O) groups excluding carboxylic acids is 2. The summed E-state index contributed by atoms with van der Waals surface area (Å²) in [4.78, 5) is 36.3. The van der Waals surface area contributed by atoms with Gasteiger partial charge in [-0.2, -0.15) is 0 Å². The molecule has 0 aromatic rings. The third-order valence-electron chi connectivity index (χ3n) is 4.35. The van der Waals surface area contributed by atoms with Gasteiger partial charge >= 0.3 is 12.0 Å². The highest BCUT2D eigenvalue weighted by Crippen LogP contribution is 2.35. The van der Waals surface area contributed by atoms with Crippen molar-refractivity contribution in [3.8, 4) is 0 Å². The van der Waals surface area contributed by atoms with E-state index in [1.54, 1.807) is 0 Å². The van der Waals surface area contributed by atoms with Crippen molar-refractivity contribution in [2.24, 2.45) is 5.41 Å². The summed E-state index contributed by atoms with van der Waals surface area (Å²) in [7, 11) is 0. The molecule has 0 bridgehead atoms. The van der Waals surface area contributed by atoms with Crippen LogP contribution in [0.2, 0.25) is 0 Å². The summed E-state index contributed by atoms with van der Waals surface area (Å²) in [5, 5.41) is 14.9. The molecule has 2 heterocycles. The molecule has 0 saturated carbocycles. The van der Waals surface area contributed by atoms with Crippen molar-refractivity contribution in [1.29, 1.82) is 0 Å². The van der Waals surface area contributed by atoms with Crippen molar-refractivity contribution in [3.05, 3.63) is 0 Å². The van der Waals surface area contributed by atoms with Crippen LogP contribution in [0, 0.1) is 5.41 Å². The molecule has 3 amide bonds. The molecule has 0 aromatic carbocycles. The number of hydrogen-bond donors (Lipinski definition) is 3. The third kappa shape index (κ3) is 3.46. The van der Waals surface area contributed by atoms with Crippen molar-refractivity contribution in [3.63, 3.8) is 0 Å². The molecule has 2 rings (SSSR count). The maximum absolute atomic E-state index is 12.3. The average molecular weight is 297 g/mol. The lowest BCUT2D eigenvalue weighted by atomic mass is 9.76. The predicted octanol–water partition coefficient (Wildman–Crippen LogP) is 0.550. The molecular weight excluding hydrogens is 274 g/mol. The van der Waals surface area contributed by atoms with Crippen LogP contribution >= 0.6 is 0 Å². The zero-order valence-electron chi connectivity index (χ0n) is 12.5. The van der Waals surface area contributed by atoms with Gasteiger partial charge in [-0.1, -0.05) is 13.8 Å². The number of aliphatic carboxylic acids is 1. The van der Waals surface area contributed by atoms with Crippen LogP contribution < -0.4 is 10.6 Å². The number of carbonyl (C=O) groups is 3. The number of likely N-dealkylation sites (tertiary alicyclic amines) is 1. The number of nitrogens with one attached hydrogen (secondary N) is 2. The second kappa shape index (κ2) is 5.91. The maximum Gasteiger partial charge on any atom is 0.327 e. The minimum atomic E-state index is -0.969. The summed E-state index contributed by atoms with van der Waals surface area (Å²) in [5.74, 6) is -0.971. The number of rotatable bonds is 3. The van der Waals surface area contributed by atoms with E-state index in [2.05, 4.69) is 10.6 Å². The predicted molar refractivity (Wildman–Crippen MR) is 75.7 cm³/mol. The Morgan fingerprint density at radius 2 is 2.19 bits per heavy atom. The fourth-order valence-corrected chi connectivity index (χ4v) is 3.22. The monoisotopic (exact) mass is 297 g/mol. The van der Waals surface area contributed by atoms with E-state index in [4.69, 9.17) is 0 Å². The molecule has 0 radical (unpaired) electrons. The first kappa shape index (κ1) is 15.6. The molecule has 2 aliphatic heterocycles. The van der Waals surface area contributed by atoms with E-state index in [9.17, 15) is 19.5 Å². The van der Waals surface area contributed by atoms with E-state index in [0.717, 1.165) is 12.8 Å². The standard InChI is InChI=1S/C14H23N3O4/c1-14(2)6-3-7-17(11(14)12(19)20)13(21)15-8-9-4-5-10(18)16-9/h9,11H,3-8H2,1-2H3,(H,15,21)(H,16,18)(H,19,20). The molecular formula is C14H23N3O4. The number of carboxylic acid groups (broad SMARTS) is 1. The molecule has 0 aliphatic carbocycles. The van der Waals surface area contributed by atoms with Gasteiger partial charge in [-0.3, -0.25) is 4.79 Å². The molecule has 3 N–H and O–H groups in total. The van der Waals surface area contributed by atoms with Gasteiger partial charge in [-0.15, -0.1) is 0 Å². The van der Waals surface area contributed by atoms with Crippen LogP contribution in [-0.2, 0) is 9.59 Å². The van der Waals surface area contributed by atoms with Crippen LogP contribution in [0.15, 0.2) is 0 Å². The van der Waals surface area contributed by atoms with E-state index in [-0.39, 0.29) is 18.0 Å². The molecule has 0 aromatic heterocycles. The number of carboxylic acids is 1. The molecule has 2 fully saturated rings. The highest BCUT2D eigenvalue weighted by atomic mass is 16.4. The summed E-state index contributed by atoms with van der Waals surface area (Å²) in [6, 6.07) is -1.23. The highest BCUT2D eigenvalue weighted by molar-refractivity contribution is 5.84. The summed E-state index contributed by atoms with van der Waals surface area (Å²) in [5.41, 5.74) is -0.441. The van der Waals surface area contributed by atoms with Gasteiger partial charge in [0.25, 0.3) is 0 Å². The third-order valence-corrected chi connectivity index (χ3v) is 4.35. The molecule has 0 spiro atoms. The van der Waals surface area contributed by atoms with Crippen molar-refractivity contribution in [2.75, 3.05) is 13.1 Å². The van der Waals surface area contributed by atoms with E-state index >= 15 is 0 Å². The number of piperidine rings is 1. The topological polar surface area (TPSA) is 98.7 Å². The first-order chi connectivity index (χ1) is 9.81. The van der Waals surface area contributed by atoms with Gasteiger partial charge in [0.05, 0.1) is 0 Å². The summed E-state index contributed by atoms with van der Waals surface area (Å²) >= 11 is 0. The largest absolute Gasteiger partial charge is 0.480 e. The van der Waals surface area contributed by atoms with Crippen LogP contribution in [0.3, 0.4) is 0 Å². The molecule has 7 nitrogen and oxygen atoms in total. The second-order valence-corrected chi connectivity index (χ2v) is 6.52. The zero-order valence-corrected chi connectivity index (χ0v) is 12.5. The van der Waals surface area contributed by atoms with Crippen molar-refractivity contribution in [1.82, 2.24) is 15.5 Å². The molecule has 21 heavy (non-hydrogen) atoms. The normalized spacial score (nSPS) is 28.1. The van der Waals surface area contributed by atoms with Crippen LogP contribution in [-0.4, -0.2) is 53.1 Å². The highest BCUT2D eigenvalue weighted by Gasteiger charge is 2.44. The smallest absolute Gasteiger partial charge is 0.327 e. The quantitative estimate of drug-likeness (QED) is 0.708. The van der Waals surface area contributed by atoms with Crippen LogP contribution in [0.1, 0.15) is 39.5 Å². The van der Waals surface area contributed by atoms with Crippen LogP contribution in [0.25, 0.3) is 0 Å². The van der Waals surface area contributed by atoms with Gasteiger partial charge in [0.1, 0.15) is 6.04 Å². The number of urea groups is 1. The lowest BCUT2D eigenvalue weighted by Crippen LogP contribution is -2.59. The second-order valence-electron chi connectivity index (χ2n) is 6.52. The molecule has 2 saturated heterocycles. The van der Waals surface area contributed by atoms with Crippen LogP contribution in [0.4, 0.5) is 4.79 Å². The Hall–Kier alpha value is -1.79. The van der Waals surface area contributed by atoms with E-state index in [0.29, 0.717) is 25.9 Å². The Morgan fingerprint density at radius 3 is 2.76 bits per heavy atom. The van der Waals surface area contributed by atoms with Gasteiger partial charge in [-0.05, 0) is 24.7 Å². The van der Waals surface area contributed by atoms with Gasteiger partial charge in [0, 0.05) is 25.6 Å². The lowest BCUT2D eigenvalue weighted by molar-refractivity contribution is -0.148. The number of nitrogens with zero attached hydrogens (tertiary/aromatic N) is 1. The first-order valence-electron chi connectivity index (χ1n) is 7.38. The Kier molecular flexibility index (Phi) is 4.39. The Labute approximate surface area is 124 Å². The van der Waals surface area contributed by atoms with Gasteiger partial charge < -0.3 is 20.6 Å². The van der Waals surface area contributed by atoms with E-state index < -0.39 is 17.4 Å². The summed E-state index contributed by atoms with van der Waals surface area (Å²) in [6.07, 6.45) is 2.76. The van der Waals surface area contributed by atoms with E-state index in [1.165, 1.54) is 4.90 Å². The summed E-state index contributed by atoms with van der Waals surface area (Å²) < 4.78 is 0. The zero-order chi connectivity index (χ0) is 15.6. The number of hydrogen-bond acceptors (Lipinski definition) is 3. The minimum Gasteiger partial charge on any atom is -0.480 e. The Balaban J connectivity index is 1.96.